The molecular weight excluding hydrogens is 236 g/mol. The zero-order valence-electron chi connectivity index (χ0n) is 12.6. The van der Waals surface area contributed by atoms with Gasteiger partial charge < -0.3 is 10.2 Å². The molecule has 0 amide bonds. The molecule has 1 aliphatic heterocycles. The Bertz CT molecular complexity index is 409. The Morgan fingerprint density at radius 1 is 1.26 bits per heavy atom. The Labute approximate surface area is 116 Å². The summed E-state index contributed by atoms with van der Waals surface area (Å²) >= 11 is 0. The van der Waals surface area contributed by atoms with E-state index in [-0.39, 0.29) is 0 Å². The lowest BCUT2D eigenvalue weighted by atomic mass is 9.96. The Morgan fingerprint density at radius 3 is 2.53 bits per heavy atom. The second-order valence-electron chi connectivity index (χ2n) is 5.89. The molecule has 2 heterocycles. The second kappa shape index (κ2) is 6.33. The molecule has 2 rings (SSSR count). The molecule has 0 unspecified atom stereocenters. The largest absolute Gasteiger partial charge is 0.355 e. The van der Waals surface area contributed by atoms with Crippen LogP contribution in [0.25, 0.3) is 0 Å². The van der Waals surface area contributed by atoms with Crippen molar-refractivity contribution in [3.8, 4) is 0 Å². The lowest BCUT2D eigenvalue weighted by Gasteiger charge is -2.33. The van der Waals surface area contributed by atoms with Crippen molar-refractivity contribution in [2.24, 2.45) is 5.92 Å². The number of aryl methyl sites for hydroxylation is 2. The molecule has 1 aromatic rings. The molecule has 1 fully saturated rings. The molecule has 1 aliphatic rings. The van der Waals surface area contributed by atoms with E-state index in [0.717, 1.165) is 42.8 Å². The van der Waals surface area contributed by atoms with Crippen molar-refractivity contribution in [3.63, 3.8) is 0 Å². The predicted octanol–water partition coefficient (Wildman–Crippen LogP) is 2.31. The highest BCUT2D eigenvalue weighted by Gasteiger charge is 2.20. The van der Waals surface area contributed by atoms with Gasteiger partial charge in [0.15, 0.2) is 0 Å². The molecule has 1 aromatic heterocycles. The van der Waals surface area contributed by atoms with Crippen molar-refractivity contribution >= 4 is 5.82 Å². The van der Waals surface area contributed by atoms with E-state index in [1.54, 1.807) is 0 Å². The van der Waals surface area contributed by atoms with E-state index < -0.39 is 0 Å². The topological polar surface area (TPSA) is 41.1 Å². The maximum atomic E-state index is 4.64. The minimum Gasteiger partial charge on any atom is -0.355 e. The van der Waals surface area contributed by atoms with Crippen LogP contribution in [0, 0.1) is 19.8 Å². The molecule has 4 nitrogen and oxygen atoms in total. The van der Waals surface area contributed by atoms with Crippen LogP contribution in [-0.4, -0.2) is 35.6 Å². The quantitative estimate of drug-likeness (QED) is 0.904. The third-order valence-electron chi connectivity index (χ3n) is 3.93. The third kappa shape index (κ3) is 3.90. The minimum absolute atomic E-state index is 0.587. The van der Waals surface area contributed by atoms with Crippen LogP contribution in [0.15, 0.2) is 6.20 Å². The Balaban J connectivity index is 1.87. The van der Waals surface area contributed by atoms with Crippen LogP contribution in [0.3, 0.4) is 0 Å². The maximum Gasteiger partial charge on any atom is 0.147 e. The predicted molar refractivity (Wildman–Crippen MR) is 79.6 cm³/mol. The average Bonchev–Trinajstić information content (AvgIpc) is 2.40. The highest BCUT2D eigenvalue weighted by atomic mass is 15.2. The summed E-state index contributed by atoms with van der Waals surface area (Å²) in [6.45, 7) is 11.8. The second-order valence-corrected chi connectivity index (χ2v) is 5.89. The van der Waals surface area contributed by atoms with Gasteiger partial charge in [0.1, 0.15) is 5.82 Å². The number of hydrogen-bond acceptors (Lipinski definition) is 4. The number of aromatic nitrogens is 2. The van der Waals surface area contributed by atoms with E-state index in [1.807, 2.05) is 20.0 Å². The van der Waals surface area contributed by atoms with Crippen LogP contribution in [0.5, 0.6) is 0 Å². The number of nitrogens with zero attached hydrogens (tertiary/aromatic N) is 3. The molecule has 106 valence electrons. The van der Waals surface area contributed by atoms with Gasteiger partial charge in [-0.15, -0.1) is 0 Å². The fourth-order valence-electron chi connectivity index (χ4n) is 2.45. The molecule has 0 aliphatic carbocycles. The molecule has 0 spiro atoms. The van der Waals surface area contributed by atoms with Gasteiger partial charge in [-0.25, -0.2) is 4.98 Å². The minimum atomic E-state index is 0.587. The smallest absolute Gasteiger partial charge is 0.147 e. The Hall–Kier alpha value is -1.16. The van der Waals surface area contributed by atoms with Gasteiger partial charge in [0, 0.05) is 19.1 Å². The van der Waals surface area contributed by atoms with Gasteiger partial charge in [0.05, 0.1) is 17.6 Å². The van der Waals surface area contributed by atoms with Gasteiger partial charge in [0.2, 0.25) is 0 Å². The summed E-state index contributed by atoms with van der Waals surface area (Å²) in [6.07, 6.45) is 4.40. The molecular formula is C15H26N4. The van der Waals surface area contributed by atoms with E-state index in [9.17, 15) is 0 Å². The first-order chi connectivity index (χ1) is 9.06. The van der Waals surface area contributed by atoms with Crippen molar-refractivity contribution in [1.82, 2.24) is 15.3 Å². The molecule has 0 aromatic carbocycles. The molecule has 19 heavy (non-hydrogen) atoms. The molecule has 1 saturated heterocycles. The van der Waals surface area contributed by atoms with Gasteiger partial charge in [0.25, 0.3) is 0 Å². The summed E-state index contributed by atoms with van der Waals surface area (Å²) in [7, 11) is 0. The van der Waals surface area contributed by atoms with E-state index in [4.69, 9.17) is 0 Å². The first-order valence-corrected chi connectivity index (χ1v) is 7.35. The van der Waals surface area contributed by atoms with Gasteiger partial charge in [-0.2, -0.15) is 0 Å². The summed E-state index contributed by atoms with van der Waals surface area (Å²) in [5, 5.41) is 3.54. The highest BCUT2D eigenvalue weighted by Crippen LogP contribution is 2.21. The average molecular weight is 262 g/mol. The van der Waals surface area contributed by atoms with E-state index in [1.165, 1.54) is 12.8 Å². The van der Waals surface area contributed by atoms with Gasteiger partial charge in [-0.1, -0.05) is 13.8 Å². The summed E-state index contributed by atoms with van der Waals surface area (Å²) in [5.41, 5.74) is 2.07. The number of piperidine rings is 1. The van der Waals surface area contributed by atoms with Crippen molar-refractivity contribution in [2.75, 3.05) is 24.5 Å². The van der Waals surface area contributed by atoms with Crippen molar-refractivity contribution < 1.29 is 0 Å². The van der Waals surface area contributed by atoms with Crippen molar-refractivity contribution in [3.05, 3.63) is 17.6 Å². The fraction of sp³-hybridized carbons (Fsp3) is 0.733. The van der Waals surface area contributed by atoms with Crippen LogP contribution in [-0.2, 0) is 0 Å². The normalized spacial score (nSPS) is 17.2. The lowest BCUT2D eigenvalue weighted by molar-refractivity contribution is 0.369. The summed E-state index contributed by atoms with van der Waals surface area (Å²) in [6, 6.07) is 0.587. The fourth-order valence-corrected chi connectivity index (χ4v) is 2.45. The zero-order chi connectivity index (χ0) is 13.8. The summed E-state index contributed by atoms with van der Waals surface area (Å²) in [4.78, 5) is 11.4. The molecule has 1 N–H and O–H groups in total. The number of rotatable bonds is 4. The van der Waals surface area contributed by atoms with Crippen LogP contribution >= 0.6 is 0 Å². The zero-order valence-corrected chi connectivity index (χ0v) is 12.6. The van der Waals surface area contributed by atoms with Crippen LogP contribution in [0.2, 0.25) is 0 Å². The highest BCUT2D eigenvalue weighted by molar-refractivity contribution is 5.37. The van der Waals surface area contributed by atoms with E-state index in [0.29, 0.717) is 6.04 Å². The van der Waals surface area contributed by atoms with Gasteiger partial charge in [-0.05, 0) is 39.2 Å². The van der Waals surface area contributed by atoms with Gasteiger partial charge in [-0.3, -0.25) is 4.98 Å². The van der Waals surface area contributed by atoms with Gasteiger partial charge >= 0.3 is 0 Å². The monoisotopic (exact) mass is 262 g/mol. The standard InChI is InChI=1S/C15H26N4/c1-11(2)16-9-14-5-7-19(8-6-14)15-10-17-12(3)13(4)18-15/h10-11,14,16H,5-9H2,1-4H3. The van der Waals surface area contributed by atoms with E-state index >= 15 is 0 Å². The SMILES string of the molecule is Cc1ncc(N2CCC(CNC(C)C)CC2)nc1C. The molecule has 0 bridgehead atoms. The third-order valence-corrected chi connectivity index (χ3v) is 3.93. The molecule has 0 atom stereocenters. The van der Waals surface area contributed by atoms with Crippen LogP contribution in [0.1, 0.15) is 38.1 Å². The Kier molecular flexibility index (Phi) is 4.75. The Morgan fingerprint density at radius 2 is 1.95 bits per heavy atom. The first-order valence-electron chi connectivity index (χ1n) is 7.35. The number of hydrogen-bond donors (Lipinski definition) is 1. The van der Waals surface area contributed by atoms with Crippen LogP contribution < -0.4 is 10.2 Å². The maximum absolute atomic E-state index is 4.64. The van der Waals surface area contributed by atoms with Crippen molar-refractivity contribution in [1.29, 1.82) is 0 Å². The number of anilines is 1. The van der Waals surface area contributed by atoms with E-state index in [2.05, 4.69) is 34.0 Å². The van der Waals surface area contributed by atoms with Crippen LogP contribution in [0.4, 0.5) is 5.82 Å². The lowest BCUT2D eigenvalue weighted by Crippen LogP contribution is -2.39. The summed E-state index contributed by atoms with van der Waals surface area (Å²) < 4.78 is 0. The molecule has 0 radical (unpaired) electrons. The molecule has 0 saturated carbocycles. The number of nitrogens with one attached hydrogen (secondary N) is 1. The molecule has 4 heteroatoms. The van der Waals surface area contributed by atoms with Crippen molar-refractivity contribution in [2.45, 2.75) is 46.6 Å². The first kappa shape index (κ1) is 14.3. The summed E-state index contributed by atoms with van der Waals surface area (Å²) in [5.74, 6) is 1.84.